The summed E-state index contributed by atoms with van der Waals surface area (Å²) >= 11 is 15.4. The summed E-state index contributed by atoms with van der Waals surface area (Å²) in [5.74, 6) is -0.184. The second-order valence-electron chi connectivity index (χ2n) is 4.81. The third kappa shape index (κ3) is 4.47. The average Bonchev–Trinajstić information content (AvgIpc) is 2.41. The monoisotopic (exact) mass is 385 g/mol. The van der Waals surface area contributed by atoms with Crippen molar-refractivity contribution in [1.29, 1.82) is 0 Å². The van der Waals surface area contributed by atoms with Crippen LogP contribution in [0.1, 0.15) is 22.8 Å². The van der Waals surface area contributed by atoms with Gasteiger partial charge in [-0.3, -0.25) is 4.79 Å². The van der Waals surface area contributed by atoms with Crippen molar-refractivity contribution in [1.82, 2.24) is 5.32 Å². The summed E-state index contributed by atoms with van der Waals surface area (Å²) in [6, 6.07) is 12.9. The third-order valence-corrected chi connectivity index (χ3v) is 4.54. The maximum Gasteiger partial charge on any atom is 0.253 e. The first kappa shape index (κ1) is 16.3. The quantitative estimate of drug-likeness (QED) is 0.776. The van der Waals surface area contributed by atoms with Crippen molar-refractivity contribution in [2.75, 3.05) is 0 Å². The zero-order valence-electron chi connectivity index (χ0n) is 11.4. The van der Waals surface area contributed by atoms with Crippen LogP contribution in [0, 0.1) is 0 Å². The van der Waals surface area contributed by atoms with Crippen molar-refractivity contribution in [3.8, 4) is 0 Å². The lowest BCUT2D eigenvalue weighted by atomic mass is 10.1. The smallest absolute Gasteiger partial charge is 0.253 e. The lowest BCUT2D eigenvalue weighted by Gasteiger charge is -2.15. The van der Waals surface area contributed by atoms with Gasteiger partial charge in [0.05, 0.1) is 10.6 Å². The highest BCUT2D eigenvalue weighted by Crippen LogP contribution is 2.26. The van der Waals surface area contributed by atoms with Gasteiger partial charge >= 0.3 is 0 Å². The van der Waals surface area contributed by atoms with Crippen LogP contribution < -0.4 is 5.32 Å². The van der Waals surface area contributed by atoms with Gasteiger partial charge in [0.1, 0.15) is 0 Å². The molecule has 0 aliphatic carbocycles. The van der Waals surface area contributed by atoms with E-state index in [1.807, 2.05) is 31.2 Å². The Balaban J connectivity index is 2.04. The molecule has 2 nitrogen and oxygen atoms in total. The minimum Gasteiger partial charge on any atom is -0.349 e. The molecular formula is C16H14BrCl2NO. The van der Waals surface area contributed by atoms with Crippen molar-refractivity contribution in [2.24, 2.45) is 0 Å². The van der Waals surface area contributed by atoms with Crippen LogP contribution in [-0.4, -0.2) is 11.9 Å². The van der Waals surface area contributed by atoms with E-state index >= 15 is 0 Å². The molecule has 2 aromatic rings. The van der Waals surface area contributed by atoms with E-state index in [9.17, 15) is 4.79 Å². The average molecular weight is 387 g/mol. The molecule has 2 rings (SSSR count). The fourth-order valence-corrected chi connectivity index (χ4v) is 2.84. The van der Waals surface area contributed by atoms with Crippen LogP contribution in [0.4, 0.5) is 0 Å². The van der Waals surface area contributed by atoms with E-state index in [1.54, 1.807) is 18.2 Å². The van der Waals surface area contributed by atoms with Crippen LogP contribution in [-0.2, 0) is 6.42 Å². The van der Waals surface area contributed by atoms with E-state index in [0.29, 0.717) is 26.5 Å². The molecule has 0 fully saturated rings. The summed E-state index contributed by atoms with van der Waals surface area (Å²) < 4.78 is 0.708. The summed E-state index contributed by atoms with van der Waals surface area (Å²) in [5.41, 5.74) is 1.54. The van der Waals surface area contributed by atoms with Gasteiger partial charge in [-0.1, -0.05) is 41.4 Å². The van der Waals surface area contributed by atoms with Crippen LogP contribution in [0.15, 0.2) is 46.9 Å². The Morgan fingerprint density at radius 3 is 2.67 bits per heavy atom. The molecule has 110 valence electrons. The van der Waals surface area contributed by atoms with Crippen LogP contribution in [0.5, 0.6) is 0 Å². The second-order valence-corrected chi connectivity index (χ2v) is 6.48. The second kappa shape index (κ2) is 7.30. The van der Waals surface area contributed by atoms with Gasteiger partial charge in [0.25, 0.3) is 5.91 Å². The van der Waals surface area contributed by atoms with E-state index in [0.717, 1.165) is 5.56 Å². The first-order valence-electron chi connectivity index (χ1n) is 6.46. The summed E-state index contributed by atoms with van der Waals surface area (Å²) in [6.45, 7) is 1.95. The number of hydrogen-bond acceptors (Lipinski definition) is 1. The summed E-state index contributed by atoms with van der Waals surface area (Å²) in [7, 11) is 0. The standard InChI is InChI=1S/C16H14BrCl2NO/c1-10(8-11-4-2-5-12(18)9-11)20-16(21)13-6-3-7-14(17)15(13)19/h2-7,9-10H,8H2,1H3,(H,20,21). The number of benzene rings is 2. The van der Waals surface area contributed by atoms with E-state index in [-0.39, 0.29) is 11.9 Å². The van der Waals surface area contributed by atoms with Gasteiger partial charge < -0.3 is 5.32 Å². The zero-order valence-corrected chi connectivity index (χ0v) is 14.5. The fourth-order valence-electron chi connectivity index (χ4n) is 2.05. The Labute approximate surface area is 142 Å². The predicted molar refractivity (Wildman–Crippen MR) is 91.2 cm³/mol. The highest BCUT2D eigenvalue weighted by atomic mass is 79.9. The number of carbonyl (C=O) groups excluding carboxylic acids is 1. The molecule has 0 saturated carbocycles. The van der Waals surface area contributed by atoms with Crippen molar-refractivity contribution < 1.29 is 4.79 Å². The Kier molecular flexibility index (Phi) is 5.68. The van der Waals surface area contributed by atoms with Crippen molar-refractivity contribution in [3.63, 3.8) is 0 Å². The highest BCUT2D eigenvalue weighted by molar-refractivity contribution is 9.10. The molecule has 21 heavy (non-hydrogen) atoms. The van der Waals surface area contributed by atoms with Crippen molar-refractivity contribution >= 4 is 45.0 Å². The zero-order chi connectivity index (χ0) is 15.4. The Bertz CT molecular complexity index is 660. The van der Waals surface area contributed by atoms with Gasteiger partial charge in [-0.25, -0.2) is 0 Å². The normalized spacial score (nSPS) is 12.0. The fraction of sp³-hybridized carbons (Fsp3) is 0.188. The molecule has 2 aromatic carbocycles. The Morgan fingerprint density at radius 1 is 1.24 bits per heavy atom. The lowest BCUT2D eigenvalue weighted by molar-refractivity contribution is 0.0940. The minimum absolute atomic E-state index is 0.0222. The van der Waals surface area contributed by atoms with Crippen molar-refractivity contribution in [3.05, 3.63) is 68.1 Å². The molecule has 0 radical (unpaired) electrons. The number of hydrogen-bond donors (Lipinski definition) is 1. The SMILES string of the molecule is CC(Cc1cccc(Cl)c1)NC(=O)c1cccc(Br)c1Cl. The van der Waals surface area contributed by atoms with Crippen LogP contribution in [0.3, 0.4) is 0 Å². The molecule has 0 saturated heterocycles. The molecule has 1 unspecified atom stereocenters. The number of amides is 1. The largest absolute Gasteiger partial charge is 0.349 e. The molecule has 1 amide bonds. The first-order chi connectivity index (χ1) is 9.97. The molecule has 1 N–H and O–H groups in total. The maximum atomic E-state index is 12.2. The summed E-state index contributed by atoms with van der Waals surface area (Å²) in [4.78, 5) is 12.2. The van der Waals surface area contributed by atoms with Gasteiger partial charge in [0.15, 0.2) is 0 Å². The summed E-state index contributed by atoms with van der Waals surface area (Å²) in [6.07, 6.45) is 0.706. The lowest BCUT2D eigenvalue weighted by Crippen LogP contribution is -2.34. The Hall–Kier alpha value is -1.03. The summed E-state index contributed by atoms with van der Waals surface area (Å²) in [5, 5.41) is 4.06. The van der Waals surface area contributed by atoms with E-state index < -0.39 is 0 Å². The minimum atomic E-state index is -0.184. The van der Waals surface area contributed by atoms with Gasteiger partial charge in [0, 0.05) is 15.5 Å². The van der Waals surface area contributed by atoms with Gasteiger partial charge in [-0.2, -0.15) is 0 Å². The molecule has 0 aromatic heterocycles. The van der Waals surface area contributed by atoms with E-state index in [2.05, 4.69) is 21.2 Å². The molecule has 1 atom stereocenters. The molecular weight excluding hydrogens is 373 g/mol. The van der Waals surface area contributed by atoms with E-state index in [4.69, 9.17) is 23.2 Å². The number of carbonyl (C=O) groups is 1. The molecule has 5 heteroatoms. The molecule has 0 spiro atoms. The molecule has 0 bridgehead atoms. The molecule has 0 aliphatic heterocycles. The van der Waals surface area contributed by atoms with Gasteiger partial charge in [0.2, 0.25) is 0 Å². The maximum absolute atomic E-state index is 12.2. The van der Waals surface area contributed by atoms with E-state index in [1.165, 1.54) is 0 Å². The van der Waals surface area contributed by atoms with Crippen LogP contribution in [0.2, 0.25) is 10.0 Å². The first-order valence-corrected chi connectivity index (χ1v) is 8.01. The highest BCUT2D eigenvalue weighted by Gasteiger charge is 2.14. The van der Waals surface area contributed by atoms with Crippen LogP contribution >= 0.6 is 39.1 Å². The molecule has 0 aliphatic rings. The number of nitrogens with one attached hydrogen (secondary N) is 1. The molecule has 0 heterocycles. The Morgan fingerprint density at radius 2 is 1.95 bits per heavy atom. The van der Waals surface area contributed by atoms with Crippen LogP contribution in [0.25, 0.3) is 0 Å². The third-order valence-electron chi connectivity index (χ3n) is 3.00. The predicted octanol–water partition coefficient (Wildman–Crippen LogP) is 5.12. The number of halogens is 3. The number of rotatable bonds is 4. The van der Waals surface area contributed by atoms with Crippen molar-refractivity contribution in [2.45, 2.75) is 19.4 Å². The van der Waals surface area contributed by atoms with Gasteiger partial charge in [-0.05, 0) is 59.1 Å². The van der Waals surface area contributed by atoms with Gasteiger partial charge in [-0.15, -0.1) is 0 Å². The topological polar surface area (TPSA) is 29.1 Å².